The van der Waals surface area contributed by atoms with Gasteiger partial charge in [0.2, 0.25) is 5.78 Å². The molecule has 0 rings (SSSR count). The van der Waals surface area contributed by atoms with Crippen molar-refractivity contribution in [2.75, 3.05) is 0 Å². The maximum atomic E-state index is 11.5. The van der Waals surface area contributed by atoms with Gasteiger partial charge in [-0.2, -0.15) is 0 Å². The van der Waals surface area contributed by atoms with E-state index in [4.69, 9.17) is 11.5 Å². The zero-order valence-electron chi connectivity index (χ0n) is 8.46. The van der Waals surface area contributed by atoms with Crippen molar-refractivity contribution in [3.8, 4) is 0 Å². The first kappa shape index (κ1) is 12.5. The monoisotopic (exact) mass is 198 g/mol. The van der Waals surface area contributed by atoms with Crippen molar-refractivity contribution in [1.29, 1.82) is 0 Å². The third kappa shape index (κ3) is 1.88. The molecule has 0 fully saturated rings. The lowest BCUT2D eigenvalue weighted by molar-refractivity contribution is -0.138. The molecule has 0 radical (unpaired) electrons. The molecule has 0 aromatic heterocycles. The number of hydrogen-bond acceptors (Lipinski definition) is 5. The Kier molecular flexibility index (Phi) is 3.71. The van der Waals surface area contributed by atoms with Gasteiger partial charge in [0.15, 0.2) is 17.1 Å². The number of allylic oxidation sites excluding steroid dienone is 1. The number of rotatable bonds is 4. The van der Waals surface area contributed by atoms with Crippen LogP contribution >= 0.6 is 0 Å². The van der Waals surface area contributed by atoms with Crippen molar-refractivity contribution >= 4 is 17.3 Å². The summed E-state index contributed by atoms with van der Waals surface area (Å²) >= 11 is 0. The zero-order chi connectivity index (χ0) is 11.5. The lowest BCUT2D eigenvalue weighted by Crippen LogP contribution is -2.60. The van der Waals surface area contributed by atoms with Gasteiger partial charge in [-0.15, -0.1) is 0 Å². The van der Waals surface area contributed by atoms with E-state index < -0.39 is 22.9 Å². The topological polar surface area (TPSA) is 103 Å². The Morgan fingerprint density at radius 2 is 1.50 bits per heavy atom. The first-order valence-corrected chi connectivity index (χ1v) is 4.06. The van der Waals surface area contributed by atoms with Gasteiger partial charge in [-0.1, -0.05) is 6.08 Å². The van der Waals surface area contributed by atoms with Crippen LogP contribution in [0.2, 0.25) is 0 Å². The fourth-order valence-corrected chi connectivity index (χ4v) is 0.926. The summed E-state index contributed by atoms with van der Waals surface area (Å²) in [7, 11) is 0. The van der Waals surface area contributed by atoms with Crippen LogP contribution in [0.15, 0.2) is 11.8 Å². The summed E-state index contributed by atoms with van der Waals surface area (Å²) in [5.41, 5.74) is 8.43. The molecule has 0 saturated carbocycles. The number of ketones is 3. The normalized spacial score (nSPS) is 12.4. The van der Waals surface area contributed by atoms with E-state index >= 15 is 0 Å². The molecule has 0 atom stereocenters. The molecule has 0 spiro atoms. The van der Waals surface area contributed by atoms with Crippen molar-refractivity contribution in [3.63, 3.8) is 0 Å². The van der Waals surface area contributed by atoms with Gasteiger partial charge in [0, 0.05) is 0 Å². The molecule has 5 nitrogen and oxygen atoms in total. The minimum atomic E-state index is -2.13. The second-order valence-corrected chi connectivity index (χ2v) is 2.99. The van der Waals surface area contributed by atoms with Crippen molar-refractivity contribution in [2.24, 2.45) is 11.5 Å². The SMILES string of the molecule is CC=C(N)C(=O)C(N)(C(C)=O)C(C)=O. The number of nitrogens with two attached hydrogens (primary N) is 2. The highest BCUT2D eigenvalue weighted by atomic mass is 16.2. The first-order valence-electron chi connectivity index (χ1n) is 4.06. The van der Waals surface area contributed by atoms with E-state index in [2.05, 4.69) is 0 Å². The van der Waals surface area contributed by atoms with Crippen molar-refractivity contribution in [3.05, 3.63) is 11.8 Å². The molecule has 5 heteroatoms. The Bertz CT molecular complexity index is 304. The predicted octanol–water partition coefficient (Wildman–Crippen LogP) is -0.706. The van der Waals surface area contributed by atoms with Gasteiger partial charge in [0.1, 0.15) is 0 Å². The lowest BCUT2D eigenvalue weighted by Gasteiger charge is -2.21. The van der Waals surface area contributed by atoms with Gasteiger partial charge in [-0.25, -0.2) is 0 Å². The molecule has 4 N–H and O–H groups in total. The highest BCUT2D eigenvalue weighted by Crippen LogP contribution is 2.09. The minimum Gasteiger partial charge on any atom is -0.396 e. The van der Waals surface area contributed by atoms with E-state index in [9.17, 15) is 14.4 Å². The van der Waals surface area contributed by atoms with Crippen LogP contribution in [0.25, 0.3) is 0 Å². The van der Waals surface area contributed by atoms with Crippen LogP contribution in [0.5, 0.6) is 0 Å². The van der Waals surface area contributed by atoms with E-state index in [-0.39, 0.29) is 5.70 Å². The van der Waals surface area contributed by atoms with E-state index in [1.807, 2.05) is 0 Å². The van der Waals surface area contributed by atoms with Gasteiger partial charge in [0.25, 0.3) is 0 Å². The molecular weight excluding hydrogens is 184 g/mol. The average molecular weight is 198 g/mol. The van der Waals surface area contributed by atoms with E-state index in [0.717, 1.165) is 13.8 Å². The second kappa shape index (κ2) is 4.15. The second-order valence-electron chi connectivity index (χ2n) is 2.99. The van der Waals surface area contributed by atoms with Crippen LogP contribution in [0, 0.1) is 0 Å². The van der Waals surface area contributed by atoms with Gasteiger partial charge in [0.05, 0.1) is 5.70 Å². The van der Waals surface area contributed by atoms with Gasteiger partial charge >= 0.3 is 0 Å². The van der Waals surface area contributed by atoms with Crippen molar-refractivity contribution < 1.29 is 14.4 Å². The number of hydrogen-bond donors (Lipinski definition) is 2. The fraction of sp³-hybridized carbons (Fsp3) is 0.444. The molecular formula is C9H14N2O3. The Balaban J connectivity index is 5.36. The van der Waals surface area contributed by atoms with Crippen LogP contribution in [0.3, 0.4) is 0 Å². The molecule has 0 heterocycles. The maximum Gasteiger partial charge on any atom is 0.213 e. The van der Waals surface area contributed by atoms with E-state index in [1.165, 1.54) is 13.0 Å². The molecule has 0 aromatic carbocycles. The fourth-order valence-electron chi connectivity index (χ4n) is 0.926. The number of Topliss-reactive ketones (excluding diaryl/α,β-unsaturated/α-hetero) is 3. The van der Waals surface area contributed by atoms with Crippen LogP contribution in [0.1, 0.15) is 20.8 Å². The molecule has 0 aliphatic carbocycles. The number of carbonyl (C=O) groups excluding carboxylic acids is 3. The molecule has 0 aromatic rings. The van der Waals surface area contributed by atoms with Gasteiger partial charge in [-0.3, -0.25) is 14.4 Å². The zero-order valence-corrected chi connectivity index (χ0v) is 8.46. The molecule has 0 amide bonds. The highest BCUT2D eigenvalue weighted by molar-refractivity contribution is 6.31. The van der Waals surface area contributed by atoms with Crippen LogP contribution in [-0.4, -0.2) is 22.9 Å². The summed E-state index contributed by atoms with van der Waals surface area (Å²) in [5.74, 6) is -2.26. The van der Waals surface area contributed by atoms with Gasteiger partial charge in [-0.05, 0) is 20.8 Å². The molecule has 0 bridgehead atoms. The Labute approximate surface area is 82.1 Å². The highest BCUT2D eigenvalue weighted by Gasteiger charge is 2.44. The van der Waals surface area contributed by atoms with Gasteiger partial charge < -0.3 is 11.5 Å². The Morgan fingerprint density at radius 1 is 1.14 bits per heavy atom. The summed E-state index contributed by atoms with van der Waals surface area (Å²) in [6.45, 7) is 3.69. The summed E-state index contributed by atoms with van der Waals surface area (Å²) in [6, 6.07) is 0. The maximum absolute atomic E-state index is 11.5. The third-order valence-electron chi connectivity index (χ3n) is 2.04. The summed E-state index contributed by atoms with van der Waals surface area (Å²) in [6.07, 6.45) is 1.30. The quantitative estimate of drug-likeness (QED) is 0.459. The van der Waals surface area contributed by atoms with Crippen LogP contribution in [0.4, 0.5) is 0 Å². The Hall–Kier alpha value is -1.49. The minimum absolute atomic E-state index is 0.183. The van der Waals surface area contributed by atoms with Crippen molar-refractivity contribution in [1.82, 2.24) is 0 Å². The molecule has 0 aliphatic rings. The van der Waals surface area contributed by atoms with E-state index in [1.54, 1.807) is 0 Å². The van der Waals surface area contributed by atoms with Crippen LogP contribution < -0.4 is 11.5 Å². The molecule has 0 aliphatic heterocycles. The largest absolute Gasteiger partial charge is 0.396 e. The third-order valence-corrected chi connectivity index (χ3v) is 2.04. The predicted molar refractivity (Wildman–Crippen MR) is 51.2 cm³/mol. The smallest absolute Gasteiger partial charge is 0.213 e. The molecule has 0 unspecified atom stereocenters. The molecule has 0 saturated heterocycles. The van der Waals surface area contributed by atoms with Crippen molar-refractivity contribution in [2.45, 2.75) is 26.3 Å². The summed E-state index contributed by atoms with van der Waals surface area (Å²) in [5, 5.41) is 0. The standard InChI is InChI=1S/C9H14N2O3/c1-4-7(10)8(14)9(11,5(2)12)6(3)13/h4H,10-11H2,1-3H3. The van der Waals surface area contributed by atoms with E-state index in [0.29, 0.717) is 0 Å². The average Bonchev–Trinajstić information content (AvgIpc) is 2.13. The lowest BCUT2D eigenvalue weighted by atomic mass is 9.85. The van der Waals surface area contributed by atoms with Crippen LogP contribution in [-0.2, 0) is 14.4 Å². The summed E-state index contributed by atoms with van der Waals surface area (Å²) < 4.78 is 0. The molecule has 78 valence electrons. The molecule has 14 heavy (non-hydrogen) atoms. The Morgan fingerprint density at radius 3 is 1.71 bits per heavy atom. The first-order chi connectivity index (χ1) is 6.28. The number of carbonyl (C=O) groups is 3. The summed E-state index contributed by atoms with van der Waals surface area (Å²) in [4.78, 5) is 33.8.